The second kappa shape index (κ2) is 39.5. The van der Waals surface area contributed by atoms with Crippen LogP contribution in [0.5, 0.6) is 46.0 Å². The third-order valence-corrected chi connectivity index (χ3v) is 23.5. The molecule has 11 bridgehead atoms. The molecular formula is C84H101Cl2N11O29. The molecule has 40 nitrogen and oxygen atoms in total. The lowest BCUT2D eigenvalue weighted by Gasteiger charge is -2.46. The number of morpholine rings is 1. The van der Waals surface area contributed by atoms with Crippen LogP contribution in [-0.4, -0.2) is 276 Å². The Morgan fingerprint density at radius 1 is 0.675 bits per heavy atom. The van der Waals surface area contributed by atoms with Crippen molar-refractivity contribution >= 4 is 70.5 Å². The first-order valence-electron chi connectivity index (χ1n) is 40.6. The van der Waals surface area contributed by atoms with E-state index in [1.807, 2.05) is 44.2 Å². The van der Waals surface area contributed by atoms with Crippen molar-refractivity contribution in [3.8, 4) is 57.1 Å². The highest BCUT2D eigenvalue weighted by molar-refractivity contribution is 6.32. The van der Waals surface area contributed by atoms with E-state index < -0.39 is 279 Å². The van der Waals surface area contributed by atoms with Crippen LogP contribution in [0.1, 0.15) is 111 Å². The number of benzene rings is 6. The van der Waals surface area contributed by atoms with E-state index >= 15 is 24.0 Å². The number of phenolic OH excluding ortho intramolecular Hbond substituents is 3. The number of aromatic hydroxyl groups is 3. The molecule has 4 fully saturated rings. The zero-order valence-corrected chi connectivity index (χ0v) is 70.0. The lowest BCUT2D eigenvalue weighted by atomic mass is 9.86. The molecule has 9 aliphatic heterocycles. The Morgan fingerprint density at radius 3 is 1.97 bits per heavy atom. The van der Waals surface area contributed by atoms with Crippen LogP contribution in [0.2, 0.25) is 10.0 Å². The fourth-order valence-electron chi connectivity index (χ4n) is 16.3. The Kier molecular flexibility index (Phi) is 29.3. The van der Waals surface area contributed by atoms with Gasteiger partial charge in [0, 0.05) is 67.4 Å². The van der Waals surface area contributed by atoms with E-state index in [9.17, 15) is 75.7 Å². The smallest absolute Gasteiger partial charge is 0.330 e. The molecule has 0 aromatic heterocycles. The molecule has 9 aliphatic rings. The molecule has 680 valence electrons. The van der Waals surface area contributed by atoms with Crippen molar-refractivity contribution in [1.29, 1.82) is 0 Å². The Bertz CT molecular complexity index is 5020. The van der Waals surface area contributed by atoms with Gasteiger partial charge in [0.2, 0.25) is 53.4 Å². The topological polar surface area (TPSA) is 614 Å². The number of phenols is 3. The predicted molar refractivity (Wildman–Crippen MR) is 439 cm³/mol. The van der Waals surface area contributed by atoms with E-state index in [1.165, 1.54) is 33.0 Å². The quantitative estimate of drug-likeness (QED) is 0.0429. The van der Waals surface area contributed by atoms with Gasteiger partial charge in [-0.2, -0.15) is 0 Å². The van der Waals surface area contributed by atoms with Gasteiger partial charge in [0.25, 0.3) is 0 Å². The van der Waals surface area contributed by atoms with Crippen molar-refractivity contribution in [2.24, 2.45) is 17.4 Å². The summed E-state index contributed by atoms with van der Waals surface area (Å²) >= 11 is 14.5. The number of amides is 7. The molecule has 6 aromatic carbocycles. The maximum absolute atomic E-state index is 16.4. The molecule has 24 N–H and O–H groups in total. The number of hydrogen-bond donors (Lipinski definition) is 22. The van der Waals surface area contributed by atoms with E-state index in [4.69, 9.17) is 77.3 Å². The van der Waals surface area contributed by atoms with Crippen molar-refractivity contribution in [3.63, 3.8) is 0 Å². The number of carboxylic acid groups (broad SMARTS) is 1. The lowest BCUT2D eigenvalue weighted by Crippen LogP contribution is -2.65. The van der Waals surface area contributed by atoms with Gasteiger partial charge in [-0.05, 0) is 116 Å². The molecule has 126 heavy (non-hydrogen) atoms. The molecule has 6 aromatic rings. The monoisotopic (exact) mass is 1800 g/mol. The van der Waals surface area contributed by atoms with Crippen LogP contribution in [0.25, 0.3) is 11.1 Å². The van der Waals surface area contributed by atoms with Gasteiger partial charge in [-0.15, -0.1) is 0 Å². The highest BCUT2D eigenvalue weighted by atomic mass is 35.5. The van der Waals surface area contributed by atoms with Gasteiger partial charge in [0.05, 0.1) is 54.0 Å². The molecule has 9 heterocycles. The highest BCUT2D eigenvalue weighted by Gasteiger charge is 2.53. The number of carbonyl (C=O) groups is 8. The third kappa shape index (κ3) is 20.8. The maximum Gasteiger partial charge on any atom is 0.330 e. The fourth-order valence-corrected chi connectivity index (χ4v) is 16.7. The molecule has 0 spiro atoms. The minimum atomic E-state index is -2.42. The number of hydrogen-bond acceptors (Lipinski definition) is 32. The van der Waals surface area contributed by atoms with Crippen LogP contribution < -0.4 is 68.2 Å². The number of aliphatic hydroxyl groups excluding tert-OH is 8. The average molecular weight is 1800 g/mol. The fraction of sp³-hybridized carbons (Fsp3) is 0.476. The van der Waals surface area contributed by atoms with Crippen LogP contribution >= 0.6 is 23.2 Å². The molecule has 15 rings (SSSR count). The van der Waals surface area contributed by atoms with Gasteiger partial charge < -0.3 is 158 Å². The Hall–Kier alpha value is -10.3. The number of aliphatic hydroxyl groups is 8. The first-order valence-corrected chi connectivity index (χ1v) is 41.3. The van der Waals surface area contributed by atoms with Crippen molar-refractivity contribution in [2.45, 2.75) is 200 Å². The minimum Gasteiger partial charge on any atom is -0.508 e. The van der Waals surface area contributed by atoms with Crippen LogP contribution in [0.4, 0.5) is 0 Å². The molecule has 4 saturated heterocycles. The zero-order chi connectivity index (χ0) is 90.8. The first kappa shape index (κ1) is 93.4. The van der Waals surface area contributed by atoms with E-state index in [0.29, 0.717) is 26.2 Å². The molecule has 7 amide bonds. The number of rotatable bonds is 21. The molecule has 5 unspecified atom stereocenters. The number of carbonyl (C=O) groups excluding carboxylic acids is 7. The highest BCUT2D eigenvalue weighted by Crippen LogP contribution is 2.50. The van der Waals surface area contributed by atoms with Crippen LogP contribution in [-0.2, 0) is 73.3 Å². The van der Waals surface area contributed by atoms with E-state index in [0.717, 1.165) is 72.3 Å². The van der Waals surface area contributed by atoms with Crippen molar-refractivity contribution in [2.75, 3.05) is 46.4 Å². The van der Waals surface area contributed by atoms with Crippen LogP contribution in [0.3, 0.4) is 0 Å². The van der Waals surface area contributed by atoms with Gasteiger partial charge in [-0.3, -0.25) is 38.5 Å². The van der Waals surface area contributed by atoms with E-state index in [-0.39, 0.29) is 54.6 Å². The third-order valence-electron chi connectivity index (χ3n) is 22.9. The maximum atomic E-state index is 16.4. The number of nitrogens with two attached hydrogens (primary N) is 2. The summed E-state index contributed by atoms with van der Waals surface area (Å²) in [5.74, 6) is -16.6. The summed E-state index contributed by atoms with van der Waals surface area (Å²) in [6, 6.07) is 8.87. The molecule has 42 heteroatoms. The number of likely N-dealkylation sites (N-methyl/N-ethyl adjacent to an activating group) is 1. The second-order valence-corrected chi connectivity index (χ2v) is 33.5. The summed E-state index contributed by atoms with van der Waals surface area (Å²) in [6.45, 7) is 7.79. The summed E-state index contributed by atoms with van der Waals surface area (Å²) in [5.41, 5.74) is 9.12. The number of nitrogens with zero attached hydrogens (tertiary/aromatic N) is 1. The van der Waals surface area contributed by atoms with E-state index in [1.54, 1.807) is 0 Å². The summed E-state index contributed by atoms with van der Waals surface area (Å²) in [4.78, 5) is 123. The summed E-state index contributed by atoms with van der Waals surface area (Å²) in [5, 5.41) is 160. The molecule has 0 aliphatic carbocycles. The van der Waals surface area contributed by atoms with Gasteiger partial charge in [0.15, 0.2) is 30.1 Å². The van der Waals surface area contributed by atoms with Crippen molar-refractivity contribution in [1.82, 2.24) is 47.4 Å². The molecule has 0 radical (unpaired) electrons. The molecule has 0 saturated carbocycles. The summed E-state index contributed by atoms with van der Waals surface area (Å²) in [6.07, 6.45) is -29.4. The van der Waals surface area contributed by atoms with Crippen molar-refractivity contribution in [3.05, 3.63) is 153 Å². The Balaban J connectivity index is 0.956. The molecular weight excluding hydrogens is 1700 g/mol. The lowest BCUT2D eigenvalue weighted by molar-refractivity contribution is -0.350. The standard InChI is InChI=1S/C84H101Cl2N11O29/c1-34(2)19-47(89-5)75(110)95-63-65(103)38-12-15-51(45(85)21-38)120-53-23-40-24-54(72(53)125-83-70(108)68(106)73(56(33-98)123-83)126-82-69(107)67(105)66(104)55(122-82)30-90-29-42-32-97(17-18-118-42)31-36-9-7-6-8-10-36)121-52-16-13-39(22-46(52)86)71(124-58-28-84(4,88)74(109)35(3)119-58)64-80(115)94-62(81(116)117)44-25-41(99)26-50(101)59(44)43-20-37(11-14-49(43)100)60(77(112)96-64)93-78(113)61(40)92-76(111)48(27-57(87)102)91-79(63)114/h6-16,20-26,34-35,42,47-48,55-56,58,60-71,73-74,82-83,89-90,98-101,103-109H,17-19,27-33,88H2,1-5H3,(H2,87,102)(H,91,114)(H,92,111)(H,93,113)(H,94,115)(H,95,110)(H,96,112)(H,116,117)/t35-,42?,47+,48?,55+,56+,58-,60?,61+,62?,63?,64-,65+,66-,67-,68+,69+,70+,71+,73+,74-,82-,83-,84-/m0/s1. The Labute approximate surface area is 729 Å². The molecule has 24 atom stereocenters. The number of ether oxygens (including phenoxy) is 9. The summed E-state index contributed by atoms with van der Waals surface area (Å²) in [7, 11) is 1.46. The number of nitrogens with one attached hydrogen (secondary N) is 8. The second-order valence-electron chi connectivity index (χ2n) is 32.7. The van der Waals surface area contributed by atoms with Crippen LogP contribution in [0.15, 0.2) is 109 Å². The first-order chi connectivity index (χ1) is 59.9. The minimum absolute atomic E-state index is 0.128. The number of carboxylic acids is 1. The van der Waals surface area contributed by atoms with E-state index in [2.05, 4.69) is 47.4 Å². The number of halogens is 2. The van der Waals surface area contributed by atoms with Gasteiger partial charge >= 0.3 is 5.97 Å². The number of fused-ring (bicyclic) bond motifs is 15. The SMILES string of the molecule is CN[C@H](CC(C)C)C(=O)NC1C(=O)NC(CC(N)=O)C(=O)N[C@H]2C(=O)NC3C(=O)N[C@H](C(=O)NC(C(=O)O)c4cc(O)cc(O)c4-c4cc3ccc4O)[C@H](O[C@H]3C[C@](C)(N)[C@@H](O)[C@H](C)O3)c3ccc(c(Cl)c3)Oc3cc2cc(c3O[C@@H]2O[C@H](CO)[C@@H](O[C@@H]3O[C@H](CNCC4CN(Cc5ccccc5)CCO4)[C@H](O)[C@H](O)[C@H]3O)[C@H](O)[C@H]2O)Oc2ccc(cc2Cl)[C@H]1O. The number of primary amides is 1. The van der Waals surface area contributed by atoms with Crippen molar-refractivity contribution < 1.29 is 142 Å². The van der Waals surface area contributed by atoms with Gasteiger partial charge in [0.1, 0.15) is 120 Å². The largest absolute Gasteiger partial charge is 0.508 e. The van der Waals surface area contributed by atoms with Gasteiger partial charge in [-0.1, -0.05) is 85.6 Å². The average Bonchev–Trinajstić information content (AvgIpc) is 0.766. The predicted octanol–water partition coefficient (Wildman–Crippen LogP) is -0.571. The Morgan fingerprint density at radius 2 is 1.32 bits per heavy atom. The normalized spacial score (nSPS) is 31.1. The number of aliphatic carboxylic acids is 1. The summed E-state index contributed by atoms with van der Waals surface area (Å²) < 4.78 is 57.4. The van der Waals surface area contributed by atoms with Crippen LogP contribution in [0, 0.1) is 5.92 Å². The van der Waals surface area contributed by atoms with Gasteiger partial charge in [-0.25, -0.2) is 4.79 Å². The zero-order valence-electron chi connectivity index (χ0n) is 68.5.